The molecule has 1 atom stereocenters. The Morgan fingerprint density at radius 1 is 1.14 bits per heavy atom. The number of fused-ring (bicyclic) bond motifs is 1. The lowest BCUT2D eigenvalue weighted by Crippen LogP contribution is -2.25. The third-order valence-corrected chi connectivity index (χ3v) is 7.03. The van der Waals surface area contributed by atoms with E-state index in [1.807, 2.05) is 18.4 Å². The van der Waals surface area contributed by atoms with E-state index in [0.717, 1.165) is 6.42 Å². The molecule has 0 radical (unpaired) electrons. The van der Waals surface area contributed by atoms with Gasteiger partial charge in [0.25, 0.3) is 5.91 Å². The monoisotopic (exact) mass is 525 g/mol. The molecule has 1 unspecified atom stereocenters. The smallest absolute Gasteiger partial charge is 0.313 e. The van der Waals surface area contributed by atoms with Gasteiger partial charge in [-0.15, -0.1) is 11.8 Å². The molecule has 0 aliphatic carbocycles. The molecule has 1 amide bonds. The zero-order chi connectivity index (χ0) is 25.5. The van der Waals surface area contributed by atoms with Crippen LogP contribution in [0.25, 0.3) is 0 Å². The summed E-state index contributed by atoms with van der Waals surface area (Å²) < 4.78 is 16.9. The van der Waals surface area contributed by atoms with Crippen molar-refractivity contribution in [1.82, 2.24) is 5.32 Å². The van der Waals surface area contributed by atoms with Gasteiger partial charge in [-0.1, -0.05) is 29.8 Å². The number of halogens is 1. The lowest BCUT2D eigenvalue weighted by Gasteiger charge is -2.25. The van der Waals surface area contributed by atoms with Crippen LogP contribution < -0.4 is 14.8 Å². The fraction of sp³-hybridized carbons (Fsp3) is 0.286. The quantitative estimate of drug-likeness (QED) is 0.263. The first-order chi connectivity index (χ1) is 17.5. The Bertz CT molecular complexity index is 1230. The number of esters is 1. The van der Waals surface area contributed by atoms with E-state index in [4.69, 9.17) is 25.8 Å². The van der Waals surface area contributed by atoms with Gasteiger partial charge in [0.1, 0.15) is 17.2 Å². The summed E-state index contributed by atoms with van der Waals surface area (Å²) in [4.78, 5) is 26.1. The van der Waals surface area contributed by atoms with E-state index < -0.39 is 5.92 Å². The predicted molar refractivity (Wildman–Crippen MR) is 142 cm³/mol. The molecule has 3 aromatic rings. The molecule has 3 aromatic carbocycles. The molecule has 188 valence electrons. The number of nitrogens with one attached hydrogen (secondary N) is 1. The van der Waals surface area contributed by atoms with Crippen LogP contribution in [0.3, 0.4) is 0 Å². The van der Waals surface area contributed by atoms with Crippen LogP contribution in [-0.2, 0) is 16.0 Å². The number of ether oxygens (including phenoxy) is 3. The highest BCUT2D eigenvalue weighted by Crippen LogP contribution is 2.42. The summed E-state index contributed by atoms with van der Waals surface area (Å²) in [6.45, 7) is 3.06. The van der Waals surface area contributed by atoms with Crippen LogP contribution in [0.15, 0.2) is 65.6 Å². The van der Waals surface area contributed by atoms with Gasteiger partial charge in [0.2, 0.25) is 0 Å². The van der Waals surface area contributed by atoms with Crippen LogP contribution in [0.4, 0.5) is 0 Å². The van der Waals surface area contributed by atoms with E-state index >= 15 is 0 Å². The minimum absolute atomic E-state index is 0.145. The highest BCUT2D eigenvalue weighted by atomic mass is 35.5. The maximum Gasteiger partial charge on any atom is 0.313 e. The average molecular weight is 526 g/mol. The van der Waals surface area contributed by atoms with Gasteiger partial charge in [0.05, 0.1) is 24.2 Å². The number of hydrogen-bond acceptors (Lipinski definition) is 6. The van der Waals surface area contributed by atoms with E-state index in [1.165, 1.54) is 10.5 Å². The Morgan fingerprint density at radius 3 is 2.67 bits per heavy atom. The molecule has 6 nitrogen and oxygen atoms in total. The second-order valence-electron chi connectivity index (χ2n) is 8.21. The Labute approximate surface area is 220 Å². The summed E-state index contributed by atoms with van der Waals surface area (Å²) in [5, 5.41) is 3.33. The average Bonchev–Trinajstić information content (AvgIpc) is 2.89. The van der Waals surface area contributed by atoms with Gasteiger partial charge >= 0.3 is 5.97 Å². The molecule has 0 bridgehead atoms. The van der Waals surface area contributed by atoms with E-state index in [1.54, 1.807) is 55.1 Å². The van der Waals surface area contributed by atoms with Crippen molar-refractivity contribution in [2.24, 2.45) is 0 Å². The third-order valence-electron chi connectivity index (χ3n) is 5.89. The maximum atomic E-state index is 12.6. The number of benzene rings is 3. The highest BCUT2D eigenvalue weighted by molar-refractivity contribution is 7.98. The Balaban J connectivity index is 1.38. The molecular formula is C28H28ClNO5S. The van der Waals surface area contributed by atoms with Crippen molar-refractivity contribution in [3.05, 3.63) is 82.4 Å². The van der Waals surface area contributed by atoms with E-state index in [0.29, 0.717) is 59.6 Å². The van der Waals surface area contributed by atoms with Crippen molar-refractivity contribution >= 4 is 35.2 Å². The van der Waals surface area contributed by atoms with Gasteiger partial charge in [-0.2, -0.15) is 0 Å². The molecule has 0 aromatic heterocycles. The number of thioether (sulfide) groups is 1. The van der Waals surface area contributed by atoms with Crippen LogP contribution in [0.2, 0.25) is 5.02 Å². The lowest BCUT2D eigenvalue weighted by atomic mass is 9.93. The van der Waals surface area contributed by atoms with Crippen LogP contribution in [0, 0.1) is 0 Å². The molecular weight excluding hydrogens is 498 g/mol. The summed E-state index contributed by atoms with van der Waals surface area (Å²) >= 11 is 8.17. The van der Waals surface area contributed by atoms with Gasteiger partial charge in [0.15, 0.2) is 0 Å². The molecule has 4 rings (SSSR count). The lowest BCUT2D eigenvalue weighted by molar-refractivity contribution is -0.145. The first kappa shape index (κ1) is 25.9. The molecule has 36 heavy (non-hydrogen) atoms. The highest BCUT2D eigenvalue weighted by Gasteiger charge is 2.30. The van der Waals surface area contributed by atoms with E-state index in [9.17, 15) is 9.59 Å². The molecule has 0 fully saturated rings. The second kappa shape index (κ2) is 12.2. The molecule has 1 N–H and O–H groups in total. The van der Waals surface area contributed by atoms with E-state index in [2.05, 4.69) is 17.4 Å². The van der Waals surface area contributed by atoms with Gasteiger partial charge in [-0.05, 0) is 68.0 Å². The Kier molecular flexibility index (Phi) is 8.78. The summed E-state index contributed by atoms with van der Waals surface area (Å²) in [5.41, 5.74) is 2.45. The van der Waals surface area contributed by atoms with Crippen LogP contribution in [-0.4, -0.2) is 37.9 Å². The van der Waals surface area contributed by atoms with Crippen molar-refractivity contribution in [3.63, 3.8) is 0 Å². The number of hydrogen-bond donors (Lipinski definition) is 1. The topological polar surface area (TPSA) is 73.9 Å². The van der Waals surface area contributed by atoms with Crippen LogP contribution in [0.5, 0.6) is 17.2 Å². The minimum Gasteiger partial charge on any atom is -0.493 e. The van der Waals surface area contributed by atoms with Crippen molar-refractivity contribution in [3.8, 4) is 17.2 Å². The summed E-state index contributed by atoms with van der Waals surface area (Å²) in [6, 6.07) is 18.4. The normalized spacial score (nSPS) is 14.4. The maximum absolute atomic E-state index is 12.6. The SMILES string of the molecule is CCOC(=O)C1CCOc2cc(Oc3ccc(C(=O)NCCc4ccccc4SC)cc3)c(Cl)cc21. The molecule has 0 saturated heterocycles. The molecule has 1 aliphatic heterocycles. The van der Waals surface area contributed by atoms with Gasteiger partial charge in [-0.3, -0.25) is 9.59 Å². The molecule has 1 aliphatic rings. The van der Waals surface area contributed by atoms with Crippen molar-refractivity contribution in [1.29, 1.82) is 0 Å². The van der Waals surface area contributed by atoms with Gasteiger partial charge in [0, 0.05) is 28.6 Å². The Morgan fingerprint density at radius 2 is 1.92 bits per heavy atom. The first-order valence-electron chi connectivity index (χ1n) is 11.8. The number of carbonyl (C=O) groups is 2. The molecule has 8 heteroatoms. The second-order valence-corrected chi connectivity index (χ2v) is 9.46. The molecule has 0 spiro atoms. The van der Waals surface area contributed by atoms with Crippen molar-refractivity contribution in [2.45, 2.75) is 30.6 Å². The molecule has 1 heterocycles. The summed E-state index contributed by atoms with van der Waals surface area (Å²) in [7, 11) is 0. The summed E-state index contributed by atoms with van der Waals surface area (Å²) in [5.74, 6) is 0.650. The predicted octanol–water partition coefficient (Wildman–Crippen LogP) is 6.26. The largest absolute Gasteiger partial charge is 0.493 e. The Hall–Kier alpha value is -3.16. The standard InChI is InChI=1S/C28H28ClNO5S/c1-3-33-28(32)21-13-15-34-24-17-25(23(29)16-22(21)24)35-20-10-8-19(9-11-20)27(31)30-14-12-18-6-4-5-7-26(18)36-2/h4-11,16-17,21H,3,12-15H2,1-2H3,(H,30,31). The van der Waals surface area contributed by atoms with Gasteiger partial charge in [-0.25, -0.2) is 0 Å². The van der Waals surface area contributed by atoms with Crippen molar-refractivity contribution in [2.75, 3.05) is 26.0 Å². The van der Waals surface area contributed by atoms with Crippen molar-refractivity contribution < 1.29 is 23.8 Å². The number of rotatable bonds is 9. The molecule has 0 saturated carbocycles. The zero-order valence-electron chi connectivity index (χ0n) is 20.2. The summed E-state index contributed by atoms with van der Waals surface area (Å²) in [6.07, 6.45) is 3.35. The number of amides is 1. The van der Waals surface area contributed by atoms with E-state index in [-0.39, 0.29) is 11.9 Å². The zero-order valence-corrected chi connectivity index (χ0v) is 21.8. The first-order valence-corrected chi connectivity index (χ1v) is 13.4. The fourth-order valence-electron chi connectivity index (χ4n) is 4.08. The minimum atomic E-state index is -0.410. The third kappa shape index (κ3) is 6.15. The van der Waals surface area contributed by atoms with Crippen LogP contribution in [0.1, 0.15) is 40.7 Å². The van der Waals surface area contributed by atoms with Crippen LogP contribution >= 0.6 is 23.4 Å². The number of carbonyl (C=O) groups excluding carboxylic acids is 2. The van der Waals surface area contributed by atoms with Gasteiger partial charge < -0.3 is 19.5 Å². The fourth-order valence-corrected chi connectivity index (χ4v) is 4.94.